The van der Waals surface area contributed by atoms with E-state index in [1.165, 1.54) is 16.7 Å². The summed E-state index contributed by atoms with van der Waals surface area (Å²) in [7, 11) is 0. The van der Waals surface area contributed by atoms with Crippen LogP contribution in [-0.2, 0) is 12.8 Å². The molecule has 0 saturated carbocycles. The molecular weight excluding hydrogens is 300 g/mol. The molecule has 1 unspecified atom stereocenters. The van der Waals surface area contributed by atoms with Gasteiger partial charge in [0, 0.05) is 4.47 Å². The fourth-order valence-corrected chi connectivity index (χ4v) is 2.67. The molecule has 19 heavy (non-hydrogen) atoms. The van der Waals surface area contributed by atoms with E-state index in [9.17, 15) is 5.11 Å². The van der Waals surface area contributed by atoms with Crippen LogP contribution in [0.4, 0.5) is 0 Å². The summed E-state index contributed by atoms with van der Waals surface area (Å²) in [4.78, 5) is 0. The number of benzene rings is 2. The van der Waals surface area contributed by atoms with Crippen molar-refractivity contribution in [3.8, 4) is 0 Å². The molecule has 100 valence electrons. The lowest BCUT2D eigenvalue weighted by Gasteiger charge is -2.12. The minimum atomic E-state index is -0.292. The van der Waals surface area contributed by atoms with E-state index >= 15 is 0 Å². The van der Waals surface area contributed by atoms with Gasteiger partial charge in [-0.2, -0.15) is 0 Å². The molecule has 0 fully saturated rings. The van der Waals surface area contributed by atoms with Crippen LogP contribution in [0.2, 0.25) is 0 Å². The molecule has 0 bridgehead atoms. The number of hydrogen-bond donors (Lipinski definition) is 1. The highest BCUT2D eigenvalue weighted by Gasteiger charge is 2.08. The summed E-state index contributed by atoms with van der Waals surface area (Å²) in [5, 5.41) is 10.1. The smallest absolute Gasteiger partial charge is 0.0584 e. The molecule has 2 heteroatoms. The zero-order chi connectivity index (χ0) is 13.7. The van der Waals surface area contributed by atoms with Gasteiger partial charge in [-0.15, -0.1) is 0 Å². The Labute approximate surface area is 123 Å². The van der Waals surface area contributed by atoms with Crippen LogP contribution in [0.25, 0.3) is 0 Å². The maximum atomic E-state index is 10.1. The van der Waals surface area contributed by atoms with Gasteiger partial charge in [0.1, 0.15) is 0 Å². The van der Waals surface area contributed by atoms with E-state index in [2.05, 4.69) is 53.2 Å². The van der Waals surface area contributed by atoms with E-state index in [-0.39, 0.29) is 6.10 Å². The predicted molar refractivity (Wildman–Crippen MR) is 83.4 cm³/mol. The molecule has 0 saturated heterocycles. The highest BCUT2D eigenvalue weighted by atomic mass is 79.9. The van der Waals surface area contributed by atoms with Crippen LogP contribution in [-0.4, -0.2) is 11.2 Å². The molecule has 0 spiro atoms. The van der Waals surface area contributed by atoms with Gasteiger partial charge in [-0.3, -0.25) is 0 Å². The molecule has 1 nitrogen and oxygen atoms in total. The predicted octanol–water partition coefficient (Wildman–Crippen LogP) is 4.29. The van der Waals surface area contributed by atoms with Crippen LogP contribution in [0, 0.1) is 6.92 Å². The fourth-order valence-electron chi connectivity index (χ4n) is 2.22. The topological polar surface area (TPSA) is 20.2 Å². The average Bonchev–Trinajstić information content (AvgIpc) is 2.39. The number of rotatable bonds is 5. The summed E-state index contributed by atoms with van der Waals surface area (Å²) in [5.74, 6) is 0. The Hall–Kier alpha value is -1.12. The van der Waals surface area contributed by atoms with Gasteiger partial charge in [-0.25, -0.2) is 0 Å². The number of halogens is 1. The maximum absolute atomic E-state index is 10.1. The van der Waals surface area contributed by atoms with Gasteiger partial charge in [-0.05, 0) is 43.4 Å². The van der Waals surface area contributed by atoms with Crippen LogP contribution in [0.5, 0.6) is 0 Å². The standard InChI is InChI=1S/C17H19BrO/c1-13-5-4-6-14(11-13)9-10-16(19)12-15-7-2-3-8-17(15)18/h2-8,11,16,19H,9-10,12H2,1H3. The molecule has 0 aliphatic carbocycles. The van der Waals surface area contributed by atoms with Crippen LogP contribution >= 0.6 is 15.9 Å². The van der Waals surface area contributed by atoms with Gasteiger partial charge < -0.3 is 5.11 Å². The first-order chi connectivity index (χ1) is 9.15. The summed E-state index contributed by atoms with van der Waals surface area (Å²) in [6.07, 6.45) is 2.13. The zero-order valence-electron chi connectivity index (χ0n) is 11.1. The van der Waals surface area contributed by atoms with E-state index in [0.717, 1.165) is 17.3 Å². The Morgan fingerprint density at radius 2 is 1.89 bits per heavy atom. The highest BCUT2D eigenvalue weighted by molar-refractivity contribution is 9.10. The molecular formula is C17H19BrO. The van der Waals surface area contributed by atoms with Crippen molar-refractivity contribution in [2.75, 3.05) is 0 Å². The normalized spacial score (nSPS) is 12.4. The Morgan fingerprint density at radius 3 is 2.63 bits per heavy atom. The lowest BCUT2D eigenvalue weighted by atomic mass is 10.0. The number of aliphatic hydroxyl groups is 1. The minimum absolute atomic E-state index is 0.292. The molecule has 0 heterocycles. The summed E-state index contributed by atoms with van der Waals surface area (Å²) in [5.41, 5.74) is 3.74. The van der Waals surface area contributed by atoms with Gasteiger partial charge in [0.15, 0.2) is 0 Å². The van der Waals surface area contributed by atoms with E-state index in [0.29, 0.717) is 6.42 Å². The van der Waals surface area contributed by atoms with Gasteiger partial charge in [0.2, 0.25) is 0 Å². The first kappa shape index (κ1) is 14.3. The monoisotopic (exact) mass is 318 g/mol. The third-order valence-electron chi connectivity index (χ3n) is 3.26. The van der Waals surface area contributed by atoms with Gasteiger partial charge in [0.05, 0.1) is 6.10 Å². The van der Waals surface area contributed by atoms with Crippen LogP contribution in [0.1, 0.15) is 23.1 Å². The molecule has 0 amide bonds. The van der Waals surface area contributed by atoms with Crippen molar-refractivity contribution in [1.82, 2.24) is 0 Å². The first-order valence-electron chi connectivity index (χ1n) is 6.62. The Bertz CT molecular complexity index is 536. The third kappa shape index (κ3) is 4.48. The lowest BCUT2D eigenvalue weighted by Crippen LogP contribution is -2.12. The molecule has 0 radical (unpaired) electrons. The molecule has 2 rings (SSSR count). The number of aliphatic hydroxyl groups excluding tert-OH is 1. The number of hydrogen-bond acceptors (Lipinski definition) is 1. The van der Waals surface area contributed by atoms with E-state index in [1.54, 1.807) is 0 Å². The van der Waals surface area contributed by atoms with Crippen LogP contribution < -0.4 is 0 Å². The van der Waals surface area contributed by atoms with Crippen LogP contribution in [0.3, 0.4) is 0 Å². The molecule has 0 aromatic heterocycles. The molecule has 0 aliphatic heterocycles. The second-order valence-electron chi connectivity index (χ2n) is 4.98. The average molecular weight is 319 g/mol. The molecule has 0 aliphatic rings. The van der Waals surface area contributed by atoms with Gasteiger partial charge >= 0.3 is 0 Å². The SMILES string of the molecule is Cc1cccc(CCC(O)Cc2ccccc2Br)c1. The molecule has 1 N–H and O–H groups in total. The van der Waals surface area contributed by atoms with Gasteiger partial charge in [-0.1, -0.05) is 64.0 Å². The Morgan fingerprint density at radius 1 is 1.11 bits per heavy atom. The third-order valence-corrected chi connectivity index (χ3v) is 4.04. The summed E-state index contributed by atoms with van der Waals surface area (Å²) in [6.45, 7) is 2.10. The van der Waals surface area contributed by atoms with E-state index in [4.69, 9.17) is 0 Å². The van der Waals surface area contributed by atoms with Crippen LogP contribution in [0.15, 0.2) is 53.0 Å². The maximum Gasteiger partial charge on any atom is 0.0584 e. The van der Waals surface area contributed by atoms with Crippen molar-refractivity contribution >= 4 is 15.9 Å². The quantitative estimate of drug-likeness (QED) is 0.871. The lowest BCUT2D eigenvalue weighted by molar-refractivity contribution is 0.165. The van der Waals surface area contributed by atoms with Crippen molar-refractivity contribution in [3.05, 3.63) is 69.7 Å². The van der Waals surface area contributed by atoms with Crippen molar-refractivity contribution in [1.29, 1.82) is 0 Å². The summed E-state index contributed by atoms with van der Waals surface area (Å²) in [6, 6.07) is 16.6. The van der Waals surface area contributed by atoms with Gasteiger partial charge in [0.25, 0.3) is 0 Å². The minimum Gasteiger partial charge on any atom is -0.393 e. The summed E-state index contributed by atoms with van der Waals surface area (Å²) >= 11 is 3.52. The first-order valence-corrected chi connectivity index (χ1v) is 7.41. The Kier molecular flexibility index (Phi) is 5.17. The van der Waals surface area contributed by atoms with Crippen molar-refractivity contribution < 1.29 is 5.11 Å². The second kappa shape index (κ2) is 6.88. The molecule has 1 atom stereocenters. The van der Waals surface area contributed by atoms with Crippen molar-refractivity contribution in [2.45, 2.75) is 32.3 Å². The van der Waals surface area contributed by atoms with E-state index < -0.39 is 0 Å². The number of aryl methyl sites for hydroxylation is 2. The second-order valence-corrected chi connectivity index (χ2v) is 5.83. The van der Waals surface area contributed by atoms with Crippen molar-refractivity contribution in [2.24, 2.45) is 0 Å². The molecule has 2 aromatic carbocycles. The highest BCUT2D eigenvalue weighted by Crippen LogP contribution is 2.19. The summed E-state index contributed by atoms with van der Waals surface area (Å²) < 4.78 is 1.07. The largest absolute Gasteiger partial charge is 0.393 e. The zero-order valence-corrected chi connectivity index (χ0v) is 12.7. The van der Waals surface area contributed by atoms with Crippen molar-refractivity contribution in [3.63, 3.8) is 0 Å². The Balaban J connectivity index is 1.88. The molecule has 2 aromatic rings. The fraction of sp³-hybridized carbons (Fsp3) is 0.294. The van der Waals surface area contributed by atoms with E-state index in [1.807, 2.05) is 18.2 Å².